The Kier molecular flexibility index (Phi) is 4.97. The van der Waals surface area contributed by atoms with Crippen LogP contribution in [0.5, 0.6) is 0 Å². The number of carboxylic acids is 1. The molecule has 2 aromatic rings. The highest BCUT2D eigenvalue weighted by atomic mass is 32.2. The normalized spacial score (nSPS) is 12.7. The summed E-state index contributed by atoms with van der Waals surface area (Å²) in [5.41, 5.74) is 0.293. The van der Waals surface area contributed by atoms with E-state index >= 15 is 0 Å². The first kappa shape index (κ1) is 16.9. The molecule has 0 radical (unpaired) electrons. The third-order valence-electron chi connectivity index (χ3n) is 3.30. The molecular formula is C15H15NO6S. The third-order valence-corrected chi connectivity index (χ3v) is 4.05. The molecule has 0 saturated carbocycles. The van der Waals surface area contributed by atoms with E-state index in [1.165, 1.54) is 0 Å². The van der Waals surface area contributed by atoms with Gasteiger partial charge in [0.05, 0.1) is 5.75 Å². The SMILES string of the molecule is O=C(N[C@@H](CCS(=O)(=O)O)C(=O)O)c1cccc2ccccc12. The molecule has 0 fully saturated rings. The van der Waals surface area contributed by atoms with Gasteiger partial charge in [-0.25, -0.2) is 4.79 Å². The summed E-state index contributed by atoms with van der Waals surface area (Å²) < 4.78 is 30.2. The van der Waals surface area contributed by atoms with Gasteiger partial charge in [0.25, 0.3) is 16.0 Å². The molecule has 8 heteroatoms. The fourth-order valence-corrected chi connectivity index (χ4v) is 2.72. The number of hydrogen-bond acceptors (Lipinski definition) is 4. The molecule has 0 spiro atoms. The number of amides is 1. The molecule has 0 bridgehead atoms. The summed E-state index contributed by atoms with van der Waals surface area (Å²) in [4.78, 5) is 23.5. The second-order valence-corrected chi connectivity index (χ2v) is 6.54. The molecule has 0 aromatic heterocycles. The summed E-state index contributed by atoms with van der Waals surface area (Å²) in [6.07, 6.45) is -0.426. The molecule has 0 aliphatic heterocycles. The average molecular weight is 337 g/mol. The van der Waals surface area contributed by atoms with Crippen molar-refractivity contribution >= 4 is 32.8 Å². The maximum Gasteiger partial charge on any atom is 0.326 e. The van der Waals surface area contributed by atoms with Crippen molar-refractivity contribution in [3.05, 3.63) is 48.0 Å². The van der Waals surface area contributed by atoms with Crippen molar-refractivity contribution in [2.24, 2.45) is 0 Å². The molecule has 0 aliphatic carbocycles. The van der Waals surface area contributed by atoms with Gasteiger partial charge in [-0.3, -0.25) is 9.35 Å². The van der Waals surface area contributed by atoms with Crippen LogP contribution in [0.4, 0.5) is 0 Å². The van der Waals surface area contributed by atoms with Crippen LogP contribution in [0.3, 0.4) is 0 Å². The zero-order valence-corrected chi connectivity index (χ0v) is 12.8. The van der Waals surface area contributed by atoms with Crippen molar-refractivity contribution in [2.45, 2.75) is 12.5 Å². The van der Waals surface area contributed by atoms with Gasteiger partial charge >= 0.3 is 5.97 Å². The van der Waals surface area contributed by atoms with Gasteiger partial charge in [0.1, 0.15) is 6.04 Å². The van der Waals surface area contributed by atoms with Gasteiger partial charge in [-0.1, -0.05) is 36.4 Å². The van der Waals surface area contributed by atoms with Crippen molar-refractivity contribution < 1.29 is 27.7 Å². The predicted molar refractivity (Wildman–Crippen MR) is 83.9 cm³/mol. The van der Waals surface area contributed by atoms with Crippen LogP contribution in [-0.4, -0.2) is 41.7 Å². The molecule has 0 heterocycles. The monoisotopic (exact) mass is 337 g/mol. The van der Waals surface area contributed by atoms with Crippen molar-refractivity contribution in [1.29, 1.82) is 0 Å². The fraction of sp³-hybridized carbons (Fsp3) is 0.200. The smallest absolute Gasteiger partial charge is 0.326 e. The number of carbonyl (C=O) groups excluding carboxylic acids is 1. The van der Waals surface area contributed by atoms with Gasteiger partial charge in [-0.05, 0) is 23.3 Å². The molecule has 0 unspecified atom stereocenters. The van der Waals surface area contributed by atoms with E-state index in [2.05, 4.69) is 5.32 Å². The van der Waals surface area contributed by atoms with Crippen molar-refractivity contribution in [3.8, 4) is 0 Å². The maximum absolute atomic E-state index is 12.3. The summed E-state index contributed by atoms with van der Waals surface area (Å²) in [7, 11) is -4.30. The third kappa shape index (κ3) is 4.51. The average Bonchev–Trinajstić information content (AvgIpc) is 2.49. The van der Waals surface area contributed by atoms with Crippen LogP contribution in [0.25, 0.3) is 10.8 Å². The Balaban J connectivity index is 2.22. The van der Waals surface area contributed by atoms with Gasteiger partial charge in [0.15, 0.2) is 0 Å². The summed E-state index contributed by atoms with van der Waals surface area (Å²) in [6, 6.07) is 10.8. The van der Waals surface area contributed by atoms with Crippen LogP contribution in [0.2, 0.25) is 0 Å². The molecule has 0 aliphatic rings. The van der Waals surface area contributed by atoms with E-state index in [0.29, 0.717) is 10.9 Å². The fourth-order valence-electron chi connectivity index (χ4n) is 2.18. The van der Waals surface area contributed by atoms with Gasteiger partial charge in [0.2, 0.25) is 0 Å². The highest BCUT2D eigenvalue weighted by Gasteiger charge is 2.23. The Hall–Kier alpha value is -2.45. The molecule has 2 aromatic carbocycles. The highest BCUT2D eigenvalue weighted by molar-refractivity contribution is 7.85. The second kappa shape index (κ2) is 6.76. The first-order valence-corrected chi connectivity index (χ1v) is 8.35. The molecule has 1 atom stereocenters. The van der Waals surface area contributed by atoms with Crippen molar-refractivity contribution in [2.75, 3.05) is 5.75 Å². The van der Waals surface area contributed by atoms with Crippen molar-refractivity contribution in [1.82, 2.24) is 5.32 Å². The standard InChI is InChI=1S/C15H15NO6S/c17-14(16-13(15(18)19)8-9-23(20,21)22)12-7-3-5-10-4-1-2-6-11(10)12/h1-7,13H,8-9H2,(H,16,17)(H,18,19)(H,20,21,22)/t13-/m0/s1. The largest absolute Gasteiger partial charge is 0.480 e. The lowest BCUT2D eigenvalue weighted by Crippen LogP contribution is -2.42. The Bertz CT molecular complexity index is 841. The Morgan fingerprint density at radius 1 is 1.09 bits per heavy atom. The van der Waals surface area contributed by atoms with E-state index in [9.17, 15) is 18.0 Å². The lowest BCUT2D eigenvalue weighted by Gasteiger charge is -2.14. The van der Waals surface area contributed by atoms with E-state index in [1.807, 2.05) is 18.2 Å². The molecule has 3 N–H and O–H groups in total. The van der Waals surface area contributed by atoms with Crippen LogP contribution in [0.15, 0.2) is 42.5 Å². The quantitative estimate of drug-likeness (QED) is 0.683. The minimum absolute atomic E-state index is 0.293. The minimum Gasteiger partial charge on any atom is -0.480 e. The Morgan fingerprint density at radius 3 is 2.39 bits per heavy atom. The zero-order chi connectivity index (χ0) is 17.0. The molecule has 122 valence electrons. The number of carbonyl (C=O) groups is 2. The Labute approximate surface area is 132 Å². The van der Waals surface area contributed by atoms with Crippen LogP contribution in [0.1, 0.15) is 16.8 Å². The first-order chi connectivity index (χ1) is 10.8. The van der Waals surface area contributed by atoms with E-state index < -0.39 is 40.2 Å². The van der Waals surface area contributed by atoms with Crippen LogP contribution >= 0.6 is 0 Å². The number of fused-ring (bicyclic) bond motifs is 1. The van der Waals surface area contributed by atoms with Gasteiger partial charge in [-0.15, -0.1) is 0 Å². The molecule has 0 saturated heterocycles. The van der Waals surface area contributed by atoms with Crippen molar-refractivity contribution in [3.63, 3.8) is 0 Å². The van der Waals surface area contributed by atoms with E-state index in [0.717, 1.165) is 5.39 Å². The van der Waals surface area contributed by atoms with E-state index in [4.69, 9.17) is 9.66 Å². The molecule has 1 amide bonds. The number of rotatable bonds is 6. The van der Waals surface area contributed by atoms with Gasteiger partial charge in [-0.2, -0.15) is 8.42 Å². The lowest BCUT2D eigenvalue weighted by molar-refractivity contribution is -0.139. The molecule has 23 heavy (non-hydrogen) atoms. The second-order valence-electron chi connectivity index (χ2n) is 4.97. The molecule has 7 nitrogen and oxygen atoms in total. The summed E-state index contributed by atoms with van der Waals surface area (Å²) >= 11 is 0. The summed E-state index contributed by atoms with van der Waals surface area (Å²) in [5, 5.41) is 12.9. The Morgan fingerprint density at radius 2 is 1.74 bits per heavy atom. The van der Waals surface area contributed by atoms with Gasteiger partial charge < -0.3 is 10.4 Å². The predicted octanol–water partition coefficient (Wildman–Crippen LogP) is 1.30. The first-order valence-electron chi connectivity index (χ1n) is 6.74. The van der Waals surface area contributed by atoms with Crippen LogP contribution in [-0.2, 0) is 14.9 Å². The van der Waals surface area contributed by atoms with Crippen LogP contribution in [0, 0.1) is 0 Å². The zero-order valence-electron chi connectivity index (χ0n) is 12.0. The molecular weight excluding hydrogens is 322 g/mol. The number of benzene rings is 2. The van der Waals surface area contributed by atoms with E-state index in [1.54, 1.807) is 24.3 Å². The minimum atomic E-state index is -4.30. The van der Waals surface area contributed by atoms with E-state index in [-0.39, 0.29) is 0 Å². The topological polar surface area (TPSA) is 121 Å². The maximum atomic E-state index is 12.3. The number of hydrogen-bond donors (Lipinski definition) is 3. The summed E-state index contributed by atoms with van der Waals surface area (Å²) in [6.45, 7) is 0. The van der Waals surface area contributed by atoms with Gasteiger partial charge in [0, 0.05) is 5.56 Å². The summed E-state index contributed by atoms with van der Waals surface area (Å²) in [5.74, 6) is -2.74. The number of carboxylic acid groups (broad SMARTS) is 1. The highest BCUT2D eigenvalue weighted by Crippen LogP contribution is 2.18. The number of aliphatic carboxylic acids is 1. The lowest BCUT2D eigenvalue weighted by atomic mass is 10.0. The number of nitrogens with one attached hydrogen (secondary N) is 1. The van der Waals surface area contributed by atoms with Crippen LogP contribution < -0.4 is 5.32 Å². The molecule has 2 rings (SSSR count).